The lowest BCUT2D eigenvalue weighted by atomic mass is 9.70. The molecule has 5 atom stereocenters. The number of fused-ring (bicyclic) bond motifs is 2. The molecule has 3 aliphatic rings. The molecule has 6 rings (SSSR count). The van der Waals surface area contributed by atoms with E-state index in [0.717, 1.165) is 10.6 Å². The fourth-order valence-corrected chi connectivity index (χ4v) is 5.82. The maximum absolute atomic E-state index is 13.3. The first-order valence-electron chi connectivity index (χ1n) is 14.4. The Morgan fingerprint density at radius 1 is 0.733 bits per heavy atom. The molecule has 0 bridgehead atoms. The van der Waals surface area contributed by atoms with Gasteiger partial charge >= 0.3 is 0 Å². The van der Waals surface area contributed by atoms with Gasteiger partial charge in [0.1, 0.15) is 23.0 Å². The van der Waals surface area contributed by atoms with Gasteiger partial charge in [0.2, 0.25) is 23.6 Å². The van der Waals surface area contributed by atoms with Crippen LogP contribution in [0.4, 0.5) is 11.4 Å². The van der Waals surface area contributed by atoms with Gasteiger partial charge < -0.3 is 27.0 Å². The largest absolute Gasteiger partial charge is 0.457 e. The summed E-state index contributed by atoms with van der Waals surface area (Å²) in [6, 6.07) is 21.5. The third-order valence-corrected chi connectivity index (χ3v) is 7.87. The van der Waals surface area contributed by atoms with E-state index in [0.29, 0.717) is 28.7 Å². The van der Waals surface area contributed by atoms with Gasteiger partial charge in [-0.25, -0.2) is 0 Å². The molecule has 2 aliphatic heterocycles. The zero-order valence-corrected chi connectivity index (χ0v) is 27.8. The van der Waals surface area contributed by atoms with Crippen LogP contribution in [0, 0.1) is 23.7 Å². The second-order valence-corrected chi connectivity index (χ2v) is 13.7. The number of amides is 4. The number of thiol groups is 1. The van der Waals surface area contributed by atoms with Gasteiger partial charge in [0.05, 0.1) is 41.6 Å². The van der Waals surface area contributed by atoms with Crippen molar-refractivity contribution in [2.45, 2.75) is 26.7 Å². The molecule has 3 aromatic rings. The third kappa shape index (κ3) is 7.52. The van der Waals surface area contributed by atoms with E-state index in [1.807, 2.05) is 57.3 Å². The molecule has 1 N–H and O–H groups in total. The summed E-state index contributed by atoms with van der Waals surface area (Å²) in [6.45, 7) is 4.00. The first-order chi connectivity index (χ1) is 21.6. The minimum Gasteiger partial charge on any atom is -0.457 e. The molecule has 3 fully saturated rings. The molecule has 1 aliphatic carbocycles. The van der Waals surface area contributed by atoms with Gasteiger partial charge in [-0.1, -0.05) is 24.5 Å². The number of hydrogen-bond acceptors (Lipinski definition) is 9. The van der Waals surface area contributed by atoms with Gasteiger partial charge in [-0.05, 0) is 73.5 Å². The number of hydrogen-bond donors (Lipinski definition) is 2. The second kappa shape index (κ2) is 14.9. The van der Waals surface area contributed by atoms with E-state index in [4.69, 9.17) is 9.47 Å². The summed E-state index contributed by atoms with van der Waals surface area (Å²) >= 11 is 7.28. The Morgan fingerprint density at radius 3 is 1.56 bits per heavy atom. The molecule has 2 heterocycles. The Bertz CT molecular complexity index is 1540. The Kier molecular flexibility index (Phi) is 11.3. The lowest BCUT2D eigenvalue weighted by Gasteiger charge is -2.28. The van der Waals surface area contributed by atoms with Gasteiger partial charge in [-0.3, -0.25) is 29.0 Å². The van der Waals surface area contributed by atoms with Crippen LogP contribution in [-0.4, -0.2) is 42.6 Å². The van der Waals surface area contributed by atoms with E-state index in [1.54, 1.807) is 36.4 Å². The zero-order chi connectivity index (χ0) is 32.8. The van der Waals surface area contributed by atoms with Crippen LogP contribution in [0.25, 0.3) is 0 Å². The van der Waals surface area contributed by atoms with Crippen molar-refractivity contribution in [2.75, 3.05) is 24.3 Å². The lowest BCUT2D eigenvalue weighted by Crippen LogP contribution is -2.35. The molecular weight excluding hydrogens is 633 g/mol. The smallest absolute Gasteiger partial charge is 0.274 e. The summed E-state index contributed by atoms with van der Waals surface area (Å²) in [6.07, 6.45) is -1.14. The first-order valence-corrected chi connectivity index (χ1v) is 17.9. The fourth-order valence-electron chi connectivity index (χ4n) is 5.82. The zero-order valence-electron chi connectivity index (χ0n) is 25.2. The minimum atomic E-state index is -1.59. The van der Waals surface area contributed by atoms with E-state index in [1.165, 1.54) is 11.9 Å². The van der Waals surface area contributed by atoms with E-state index in [9.17, 15) is 23.7 Å². The van der Waals surface area contributed by atoms with Gasteiger partial charge in [-0.2, -0.15) is 0 Å². The minimum absolute atomic E-state index is 0.227. The number of carbonyl (C=O) groups is 4. The van der Waals surface area contributed by atoms with E-state index >= 15 is 0 Å². The summed E-state index contributed by atoms with van der Waals surface area (Å²) in [5.41, 5.74) is 1.42. The average Bonchev–Trinajstić information content (AvgIpc) is 3.41. The van der Waals surface area contributed by atoms with Crippen LogP contribution in [0.3, 0.4) is 0 Å². The van der Waals surface area contributed by atoms with Crippen LogP contribution >= 0.6 is 18.5 Å². The molecule has 45 heavy (non-hydrogen) atoms. The van der Waals surface area contributed by atoms with Crippen molar-refractivity contribution in [3.8, 4) is 23.0 Å². The molecule has 0 spiro atoms. The van der Waals surface area contributed by atoms with Crippen molar-refractivity contribution in [1.29, 1.82) is 0 Å². The number of carbonyl (C=O) groups excluding carboxylic acids is 4. The summed E-state index contributed by atoms with van der Waals surface area (Å²) in [5.74, 6) is -0.978. The van der Waals surface area contributed by atoms with Crippen LogP contribution in [0.5, 0.6) is 23.0 Å². The number of likely N-dealkylation sites (tertiary alicyclic amines) is 1. The maximum Gasteiger partial charge on any atom is 0.274 e. The summed E-state index contributed by atoms with van der Waals surface area (Å²) in [4.78, 5) is 53.8. The summed E-state index contributed by atoms with van der Waals surface area (Å²) in [7, 11) is 3.32. The van der Waals surface area contributed by atoms with Crippen molar-refractivity contribution >= 4 is 65.7 Å². The second-order valence-electron chi connectivity index (χ2n) is 10.3. The van der Waals surface area contributed by atoms with Crippen LogP contribution in [0.1, 0.15) is 26.7 Å². The molecular formula is C32H34N3O7PS2. The molecule has 0 aromatic heterocycles. The normalized spacial score (nSPS) is 22.0. The maximum atomic E-state index is 13.3. The number of anilines is 2. The number of nitrogens with one attached hydrogen (secondary N) is 1. The van der Waals surface area contributed by atoms with E-state index in [2.05, 4.69) is 29.8 Å². The highest BCUT2D eigenvalue weighted by molar-refractivity contribution is 8.67. The van der Waals surface area contributed by atoms with Crippen molar-refractivity contribution in [1.82, 2.24) is 4.90 Å². The number of rotatable bonds is 6. The molecule has 2 saturated heterocycles. The molecule has 236 valence electrons. The fraction of sp³-hybridized carbons (Fsp3) is 0.312. The molecule has 13 heteroatoms. The topological polar surface area (TPSA) is 122 Å². The standard InChI is InChI=1S/C30H27N3O6.C2H6.HOPS2/c1-31-17-6-10-19(11-7-17)38-21-4-3-5-22(14-21)39-20-12-8-18(9-13-20)33-29(36)25-15-23-24(16-26(25)30(33)37)28(35)32(2)27(23)34;1-2;1-2(3)4/h3-14,23-26,31H,15-16H2,1-2H3;1-2H3;(H,1,3,4). The van der Waals surface area contributed by atoms with E-state index in [-0.39, 0.29) is 36.5 Å². The average molecular weight is 668 g/mol. The van der Waals surface area contributed by atoms with Crippen molar-refractivity contribution < 1.29 is 33.2 Å². The quantitative estimate of drug-likeness (QED) is 0.130. The van der Waals surface area contributed by atoms with Gasteiger partial charge in [-0.15, -0.1) is 0 Å². The van der Waals surface area contributed by atoms with Gasteiger partial charge in [0.15, 0.2) is 0 Å². The van der Waals surface area contributed by atoms with Crippen molar-refractivity contribution in [2.24, 2.45) is 23.7 Å². The third-order valence-electron chi connectivity index (χ3n) is 7.87. The predicted octanol–water partition coefficient (Wildman–Crippen LogP) is 6.59. The van der Waals surface area contributed by atoms with Crippen molar-refractivity contribution in [3.63, 3.8) is 0 Å². The Labute approximate surface area is 273 Å². The number of benzene rings is 3. The molecule has 0 radical (unpaired) electrons. The number of imide groups is 2. The summed E-state index contributed by atoms with van der Waals surface area (Å²) < 4.78 is 21.2. The molecule has 4 amide bonds. The summed E-state index contributed by atoms with van der Waals surface area (Å²) in [5, 5.41) is 3.06. The predicted molar refractivity (Wildman–Crippen MR) is 178 cm³/mol. The van der Waals surface area contributed by atoms with Gasteiger partial charge in [0, 0.05) is 25.8 Å². The van der Waals surface area contributed by atoms with E-state index < -0.39 is 29.9 Å². The monoisotopic (exact) mass is 667 g/mol. The molecule has 10 nitrogen and oxygen atoms in total. The van der Waals surface area contributed by atoms with Crippen LogP contribution in [-0.2, 0) is 36.0 Å². The SMILES string of the molecule is CC.CNc1ccc(Oc2cccc(Oc3ccc(N4C(=O)C5CC6C(=O)N(C)C(=O)C6CC5C4=O)cc3)c2)cc1.O=[P+]([S-])S. The number of nitrogens with zero attached hydrogens (tertiary/aromatic N) is 2. The first kappa shape index (κ1) is 34.0. The Hall–Kier alpha value is -3.86. The molecule has 3 aromatic carbocycles. The highest BCUT2D eigenvalue weighted by Crippen LogP contribution is 2.48. The van der Waals surface area contributed by atoms with Crippen LogP contribution < -0.4 is 19.7 Å². The molecule has 1 saturated carbocycles. The highest BCUT2D eigenvalue weighted by Gasteiger charge is 2.59. The number of ether oxygens (including phenoxy) is 2. The molecule has 5 unspecified atom stereocenters. The van der Waals surface area contributed by atoms with Crippen LogP contribution in [0.2, 0.25) is 0 Å². The Balaban J connectivity index is 0.000000713. The Morgan fingerprint density at radius 2 is 1.13 bits per heavy atom. The lowest BCUT2D eigenvalue weighted by molar-refractivity contribution is -0.138. The van der Waals surface area contributed by atoms with Crippen LogP contribution in [0.15, 0.2) is 72.8 Å². The van der Waals surface area contributed by atoms with Crippen molar-refractivity contribution in [3.05, 3.63) is 72.8 Å². The van der Waals surface area contributed by atoms with Gasteiger partial charge in [0.25, 0.3) is 6.20 Å². The highest BCUT2D eigenvalue weighted by atomic mass is 33.0.